The summed E-state index contributed by atoms with van der Waals surface area (Å²) in [6.45, 7) is 12.6. The molecule has 6 nitrogen and oxygen atoms in total. The minimum Gasteiger partial charge on any atom is -0.377 e. The molecule has 3 atom stereocenters. The molecule has 3 heterocycles. The molecule has 2 aliphatic heterocycles. The molecule has 0 amide bonds. The summed E-state index contributed by atoms with van der Waals surface area (Å²) in [5.41, 5.74) is 1.36. The molecule has 1 aliphatic carbocycles. The summed E-state index contributed by atoms with van der Waals surface area (Å²) in [6.07, 6.45) is 6.98. The van der Waals surface area contributed by atoms with Crippen LogP contribution in [0.1, 0.15) is 52.0 Å². The maximum atomic E-state index is 6.06. The quantitative estimate of drug-likeness (QED) is 0.355. The van der Waals surface area contributed by atoms with Crippen molar-refractivity contribution in [1.29, 1.82) is 0 Å². The smallest absolute Gasteiger partial charge is 0.191 e. The van der Waals surface area contributed by atoms with Gasteiger partial charge in [-0.1, -0.05) is 19.9 Å². The van der Waals surface area contributed by atoms with E-state index in [2.05, 4.69) is 60.3 Å². The Hall–Kier alpha value is -1.09. The Morgan fingerprint density at radius 1 is 1.23 bits per heavy atom. The van der Waals surface area contributed by atoms with Crippen LogP contribution in [-0.4, -0.2) is 55.4 Å². The molecule has 3 aliphatic rings. The van der Waals surface area contributed by atoms with Gasteiger partial charge < -0.3 is 20.3 Å². The Morgan fingerprint density at radius 3 is 2.67 bits per heavy atom. The lowest BCUT2D eigenvalue weighted by Gasteiger charge is -2.60. The average molecular weight is 527 g/mol. The third-order valence-corrected chi connectivity index (χ3v) is 7.00. The van der Waals surface area contributed by atoms with Crippen LogP contribution >= 0.6 is 24.0 Å². The van der Waals surface area contributed by atoms with Gasteiger partial charge in [-0.2, -0.15) is 0 Å². The number of anilines is 1. The number of ether oxygens (including phenoxy) is 1. The highest BCUT2D eigenvalue weighted by Gasteiger charge is 2.58. The van der Waals surface area contributed by atoms with E-state index >= 15 is 0 Å². The average Bonchev–Trinajstić information content (AvgIpc) is 2.73. The first-order chi connectivity index (χ1) is 14.0. The number of aryl methyl sites for hydroxylation is 1. The van der Waals surface area contributed by atoms with Gasteiger partial charge in [0.15, 0.2) is 5.96 Å². The molecule has 4 rings (SSSR count). The van der Waals surface area contributed by atoms with Crippen LogP contribution in [-0.2, 0) is 4.74 Å². The zero-order valence-corrected chi connectivity index (χ0v) is 21.2. The van der Waals surface area contributed by atoms with E-state index in [9.17, 15) is 0 Å². The van der Waals surface area contributed by atoms with Gasteiger partial charge in [0.1, 0.15) is 5.82 Å². The maximum Gasteiger partial charge on any atom is 0.191 e. The normalized spacial score (nSPS) is 28.7. The van der Waals surface area contributed by atoms with Gasteiger partial charge in [0, 0.05) is 55.9 Å². The van der Waals surface area contributed by atoms with Crippen molar-refractivity contribution in [1.82, 2.24) is 15.6 Å². The molecule has 168 valence electrons. The summed E-state index contributed by atoms with van der Waals surface area (Å²) in [5.74, 6) is 2.67. The van der Waals surface area contributed by atoms with Gasteiger partial charge in [0.25, 0.3) is 0 Å². The number of hydrogen-bond donors (Lipinski definition) is 2. The molecule has 1 saturated carbocycles. The molecule has 30 heavy (non-hydrogen) atoms. The van der Waals surface area contributed by atoms with Crippen molar-refractivity contribution < 1.29 is 4.74 Å². The molecule has 0 radical (unpaired) electrons. The molecule has 1 aromatic rings. The summed E-state index contributed by atoms with van der Waals surface area (Å²) in [7, 11) is 0. The first kappa shape index (κ1) is 23.6. The van der Waals surface area contributed by atoms with E-state index in [1.54, 1.807) is 0 Å². The lowest BCUT2D eigenvalue weighted by molar-refractivity contribution is -0.188. The van der Waals surface area contributed by atoms with E-state index in [0.29, 0.717) is 24.1 Å². The van der Waals surface area contributed by atoms with Gasteiger partial charge in [0.05, 0.1) is 6.10 Å². The number of halogens is 1. The van der Waals surface area contributed by atoms with Crippen LogP contribution in [0.5, 0.6) is 0 Å². The van der Waals surface area contributed by atoms with Crippen molar-refractivity contribution >= 4 is 35.8 Å². The molecule has 2 N–H and O–H groups in total. The second kappa shape index (κ2) is 10.0. The third kappa shape index (κ3) is 4.87. The van der Waals surface area contributed by atoms with Gasteiger partial charge in [-0.05, 0) is 51.2 Å². The largest absolute Gasteiger partial charge is 0.377 e. The molecule has 0 spiro atoms. The molecular formula is C23H38IN5O. The predicted octanol–water partition coefficient (Wildman–Crippen LogP) is 3.74. The van der Waals surface area contributed by atoms with Gasteiger partial charge >= 0.3 is 0 Å². The number of fused-ring (bicyclic) bond motifs is 1. The fraction of sp³-hybridized carbons (Fsp3) is 0.739. The highest BCUT2D eigenvalue weighted by atomic mass is 127. The Bertz CT molecular complexity index is 715. The van der Waals surface area contributed by atoms with Gasteiger partial charge in [-0.15, -0.1) is 24.0 Å². The lowest BCUT2D eigenvalue weighted by atomic mass is 9.55. The summed E-state index contributed by atoms with van der Waals surface area (Å²) in [5, 5.41) is 7.49. The third-order valence-electron chi connectivity index (χ3n) is 7.00. The van der Waals surface area contributed by atoms with Gasteiger partial charge in [0.2, 0.25) is 0 Å². The van der Waals surface area contributed by atoms with Crippen molar-refractivity contribution in [2.75, 3.05) is 31.1 Å². The Kier molecular flexibility index (Phi) is 7.87. The van der Waals surface area contributed by atoms with Crippen LogP contribution in [0.15, 0.2) is 23.3 Å². The number of rotatable bonds is 4. The number of guanidine groups is 1. The first-order valence-electron chi connectivity index (χ1n) is 11.4. The van der Waals surface area contributed by atoms with Crippen LogP contribution in [0, 0.1) is 18.3 Å². The number of aliphatic imine (C=N–C) groups is 1. The number of nitrogens with one attached hydrogen (secondary N) is 2. The molecule has 0 bridgehead atoms. The molecule has 3 unspecified atom stereocenters. The fourth-order valence-corrected chi connectivity index (χ4v) is 5.35. The van der Waals surface area contributed by atoms with Crippen LogP contribution in [0.25, 0.3) is 0 Å². The summed E-state index contributed by atoms with van der Waals surface area (Å²) in [6, 6.07) is 5.17. The Balaban J connectivity index is 0.00000256. The van der Waals surface area contributed by atoms with Crippen molar-refractivity contribution in [3.63, 3.8) is 0 Å². The van der Waals surface area contributed by atoms with Crippen molar-refractivity contribution in [3.05, 3.63) is 23.9 Å². The zero-order chi connectivity index (χ0) is 20.4. The maximum absolute atomic E-state index is 6.06. The molecule has 2 saturated heterocycles. The Labute approximate surface area is 198 Å². The highest BCUT2D eigenvalue weighted by molar-refractivity contribution is 14.0. The molecule has 0 aromatic carbocycles. The Morgan fingerprint density at radius 2 is 2.00 bits per heavy atom. The number of aromatic nitrogens is 1. The topological polar surface area (TPSA) is 61.8 Å². The molecular weight excluding hydrogens is 489 g/mol. The van der Waals surface area contributed by atoms with E-state index in [4.69, 9.17) is 9.73 Å². The SMILES string of the molecule is CCN=C(NC1CCN(c2ccc(C)cn2)CC1)NC1C2CCCOC2C1(C)C.I. The van der Waals surface area contributed by atoms with Crippen LogP contribution in [0.4, 0.5) is 5.82 Å². The van der Waals surface area contributed by atoms with E-state index in [-0.39, 0.29) is 29.4 Å². The lowest BCUT2D eigenvalue weighted by Crippen LogP contribution is -2.71. The minimum atomic E-state index is 0. The fourth-order valence-electron chi connectivity index (χ4n) is 5.35. The van der Waals surface area contributed by atoms with Crippen molar-refractivity contribution in [3.8, 4) is 0 Å². The predicted molar refractivity (Wildman–Crippen MR) is 134 cm³/mol. The summed E-state index contributed by atoms with van der Waals surface area (Å²) < 4.78 is 6.06. The van der Waals surface area contributed by atoms with Gasteiger partial charge in [-0.25, -0.2) is 4.98 Å². The van der Waals surface area contributed by atoms with E-state index < -0.39 is 0 Å². The summed E-state index contributed by atoms with van der Waals surface area (Å²) in [4.78, 5) is 11.7. The second-order valence-electron chi connectivity index (χ2n) is 9.46. The molecule has 7 heteroatoms. The number of piperidine rings is 1. The van der Waals surface area contributed by atoms with E-state index in [1.165, 1.54) is 18.4 Å². The minimum absolute atomic E-state index is 0. The number of nitrogens with zero attached hydrogens (tertiary/aromatic N) is 3. The highest BCUT2D eigenvalue weighted by Crippen LogP contribution is 2.51. The van der Waals surface area contributed by atoms with Crippen molar-refractivity contribution in [2.45, 2.75) is 71.6 Å². The van der Waals surface area contributed by atoms with Crippen LogP contribution in [0.2, 0.25) is 0 Å². The van der Waals surface area contributed by atoms with Crippen LogP contribution in [0.3, 0.4) is 0 Å². The molecule has 3 fully saturated rings. The van der Waals surface area contributed by atoms with Crippen molar-refractivity contribution in [2.24, 2.45) is 16.3 Å². The van der Waals surface area contributed by atoms with Gasteiger partial charge in [-0.3, -0.25) is 4.99 Å². The van der Waals surface area contributed by atoms with Crippen LogP contribution < -0.4 is 15.5 Å². The zero-order valence-electron chi connectivity index (χ0n) is 18.9. The van der Waals surface area contributed by atoms with E-state index in [0.717, 1.165) is 50.9 Å². The number of pyridine rings is 1. The standard InChI is InChI=1S/C23H37N5O.HI/c1-5-24-22(27-20-18-7-6-14-29-21(18)23(20,3)4)26-17-10-12-28(13-11-17)19-9-8-16(2)15-25-19;/h8-9,15,17-18,20-21H,5-7,10-14H2,1-4H3,(H2,24,26,27);1H. The monoisotopic (exact) mass is 527 g/mol. The summed E-state index contributed by atoms with van der Waals surface area (Å²) >= 11 is 0. The molecule has 1 aromatic heterocycles. The number of hydrogen-bond acceptors (Lipinski definition) is 4. The second-order valence-corrected chi connectivity index (χ2v) is 9.46. The first-order valence-corrected chi connectivity index (χ1v) is 11.4. The van der Waals surface area contributed by atoms with E-state index in [1.807, 2.05) is 6.20 Å².